The van der Waals surface area contributed by atoms with Crippen LogP contribution in [0.15, 0.2) is 16.8 Å². The molecule has 17 heavy (non-hydrogen) atoms. The first-order valence-corrected chi connectivity index (χ1v) is 7.59. The highest BCUT2D eigenvalue weighted by Gasteiger charge is 2.32. The van der Waals surface area contributed by atoms with Gasteiger partial charge in [-0.1, -0.05) is 6.92 Å². The van der Waals surface area contributed by atoms with Crippen molar-refractivity contribution in [3.05, 3.63) is 22.4 Å². The number of nitrogens with two attached hydrogens (primary N) is 1. The number of thiophene rings is 1. The fraction of sp³-hybridized carbons (Fsp3) is 0.714. The van der Waals surface area contributed by atoms with E-state index in [9.17, 15) is 0 Å². The third kappa shape index (κ3) is 2.72. The van der Waals surface area contributed by atoms with E-state index in [-0.39, 0.29) is 6.04 Å². The lowest BCUT2D eigenvalue weighted by Gasteiger charge is -2.44. The lowest BCUT2D eigenvalue weighted by molar-refractivity contribution is 0.0581. The molecule has 2 rings (SSSR count). The normalized spacial score (nSPS) is 30.1. The number of nitrogens with zero attached hydrogens (tertiary/aromatic N) is 1. The fourth-order valence-electron chi connectivity index (χ4n) is 3.00. The van der Waals surface area contributed by atoms with Crippen LogP contribution in [0.3, 0.4) is 0 Å². The number of likely N-dealkylation sites (tertiary alicyclic amines) is 1. The van der Waals surface area contributed by atoms with Crippen LogP contribution in [-0.4, -0.2) is 23.5 Å². The van der Waals surface area contributed by atoms with Gasteiger partial charge < -0.3 is 5.73 Å². The summed E-state index contributed by atoms with van der Waals surface area (Å²) >= 11 is 1.77. The standard InChI is InChI=1S/C14H24N2S/c1-10-5-4-7-16(12(10)3)14(11(2)15)13-6-8-17-9-13/h6,8-12,14H,4-5,7,15H2,1-3H3. The molecule has 0 radical (unpaired) electrons. The predicted molar refractivity (Wildman–Crippen MR) is 75.3 cm³/mol. The molecule has 4 unspecified atom stereocenters. The maximum Gasteiger partial charge on any atom is 0.0507 e. The van der Waals surface area contributed by atoms with Gasteiger partial charge >= 0.3 is 0 Å². The van der Waals surface area contributed by atoms with Gasteiger partial charge in [0.25, 0.3) is 0 Å². The zero-order valence-electron chi connectivity index (χ0n) is 11.1. The Morgan fingerprint density at radius 3 is 2.82 bits per heavy atom. The van der Waals surface area contributed by atoms with Crippen LogP contribution in [0.2, 0.25) is 0 Å². The summed E-state index contributed by atoms with van der Waals surface area (Å²) in [4.78, 5) is 2.61. The molecule has 4 atom stereocenters. The molecule has 0 bridgehead atoms. The summed E-state index contributed by atoms with van der Waals surface area (Å²) in [7, 11) is 0. The second-order valence-electron chi connectivity index (χ2n) is 5.46. The quantitative estimate of drug-likeness (QED) is 0.894. The molecule has 1 aliphatic rings. The summed E-state index contributed by atoms with van der Waals surface area (Å²) in [6.07, 6.45) is 2.66. The molecule has 0 amide bonds. The summed E-state index contributed by atoms with van der Waals surface area (Å²) in [5, 5.41) is 4.41. The number of rotatable bonds is 3. The van der Waals surface area contributed by atoms with Crippen molar-refractivity contribution in [2.45, 2.75) is 51.7 Å². The minimum absolute atomic E-state index is 0.192. The summed E-state index contributed by atoms with van der Waals surface area (Å²) < 4.78 is 0. The molecule has 2 N–H and O–H groups in total. The third-order valence-corrected chi connectivity index (χ3v) is 4.86. The number of hydrogen-bond donors (Lipinski definition) is 1. The van der Waals surface area contributed by atoms with Crippen LogP contribution in [0.5, 0.6) is 0 Å². The third-order valence-electron chi connectivity index (χ3n) is 4.16. The Hall–Kier alpha value is -0.380. The Morgan fingerprint density at radius 1 is 1.47 bits per heavy atom. The van der Waals surface area contributed by atoms with Gasteiger partial charge in [-0.3, -0.25) is 4.90 Å². The maximum atomic E-state index is 6.23. The van der Waals surface area contributed by atoms with Crippen LogP contribution in [0.1, 0.15) is 45.2 Å². The first kappa shape index (κ1) is 13.1. The molecule has 1 fully saturated rings. The molecule has 1 aromatic rings. The van der Waals surface area contributed by atoms with Crippen LogP contribution >= 0.6 is 11.3 Å². The van der Waals surface area contributed by atoms with Gasteiger partial charge in [-0.05, 0) is 61.5 Å². The van der Waals surface area contributed by atoms with Crippen molar-refractivity contribution >= 4 is 11.3 Å². The Labute approximate surface area is 109 Å². The van der Waals surface area contributed by atoms with E-state index in [0.29, 0.717) is 12.1 Å². The minimum Gasteiger partial charge on any atom is -0.326 e. The zero-order valence-corrected chi connectivity index (χ0v) is 11.9. The van der Waals surface area contributed by atoms with E-state index in [4.69, 9.17) is 5.73 Å². The van der Waals surface area contributed by atoms with Gasteiger partial charge in [0, 0.05) is 12.1 Å². The van der Waals surface area contributed by atoms with Crippen molar-refractivity contribution in [1.29, 1.82) is 0 Å². The average molecular weight is 252 g/mol. The summed E-state index contributed by atoms with van der Waals surface area (Å²) in [6, 6.07) is 3.45. The van der Waals surface area contributed by atoms with Crippen LogP contribution in [0.4, 0.5) is 0 Å². The Bertz CT molecular complexity index is 334. The summed E-state index contributed by atoms with van der Waals surface area (Å²) in [5.74, 6) is 0.781. The zero-order chi connectivity index (χ0) is 12.4. The van der Waals surface area contributed by atoms with Crippen molar-refractivity contribution < 1.29 is 0 Å². The smallest absolute Gasteiger partial charge is 0.0507 e. The van der Waals surface area contributed by atoms with Crippen molar-refractivity contribution in [2.75, 3.05) is 6.54 Å². The number of piperidine rings is 1. The van der Waals surface area contributed by atoms with Gasteiger partial charge in [0.15, 0.2) is 0 Å². The van der Waals surface area contributed by atoms with Gasteiger partial charge in [-0.2, -0.15) is 11.3 Å². The second kappa shape index (κ2) is 5.51. The van der Waals surface area contributed by atoms with Crippen molar-refractivity contribution in [2.24, 2.45) is 11.7 Å². The first-order chi connectivity index (χ1) is 8.11. The predicted octanol–water partition coefficient (Wildman–Crippen LogP) is 3.26. The molecule has 96 valence electrons. The van der Waals surface area contributed by atoms with E-state index in [2.05, 4.69) is 42.5 Å². The second-order valence-corrected chi connectivity index (χ2v) is 6.24. The van der Waals surface area contributed by atoms with Gasteiger partial charge in [-0.15, -0.1) is 0 Å². The van der Waals surface area contributed by atoms with Crippen LogP contribution in [0, 0.1) is 5.92 Å². The lowest BCUT2D eigenvalue weighted by Crippen LogP contribution is -2.49. The topological polar surface area (TPSA) is 29.3 Å². The minimum atomic E-state index is 0.192. The Morgan fingerprint density at radius 2 is 2.24 bits per heavy atom. The first-order valence-electron chi connectivity index (χ1n) is 6.64. The molecule has 0 aliphatic carbocycles. The molecule has 2 nitrogen and oxygen atoms in total. The molecule has 0 aromatic carbocycles. The van der Waals surface area contributed by atoms with E-state index in [1.54, 1.807) is 11.3 Å². The molecular weight excluding hydrogens is 228 g/mol. The van der Waals surface area contributed by atoms with Gasteiger partial charge in [0.1, 0.15) is 0 Å². The molecule has 1 saturated heterocycles. The maximum absolute atomic E-state index is 6.23. The lowest BCUT2D eigenvalue weighted by atomic mass is 9.88. The number of hydrogen-bond acceptors (Lipinski definition) is 3. The Balaban J connectivity index is 2.21. The van der Waals surface area contributed by atoms with E-state index in [0.717, 1.165) is 5.92 Å². The average Bonchev–Trinajstić information content (AvgIpc) is 2.77. The van der Waals surface area contributed by atoms with Crippen LogP contribution < -0.4 is 5.73 Å². The highest BCUT2D eigenvalue weighted by molar-refractivity contribution is 7.07. The van der Waals surface area contributed by atoms with Crippen LogP contribution in [0.25, 0.3) is 0 Å². The molecule has 2 heterocycles. The molecule has 1 aliphatic heterocycles. The largest absolute Gasteiger partial charge is 0.326 e. The SMILES string of the molecule is CC(N)C(c1ccsc1)N1CCCC(C)C1C. The fourth-order valence-corrected chi connectivity index (χ4v) is 3.69. The summed E-state index contributed by atoms with van der Waals surface area (Å²) in [6.45, 7) is 8.04. The van der Waals surface area contributed by atoms with Gasteiger partial charge in [0.2, 0.25) is 0 Å². The highest BCUT2D eigenvalue weighted by Crippen LogP contribution is 2.33. The van der Waals surface area contributed by atoms with Crippen molar-refractivity contribution in [3.63, 3.8) is 0 Å². The van der Waals surface area contributed by atoms with Crippen LogP contribution in [-0.2, 0) is 0 Å². The molecular formula is C14H24N2S. The summed E-state index contributed by atoms with van der Waals surface area (Å²) in [5.41, 5.74) is 7.62. The monoisotopic (exact) mass is 252 g/mol. The van der Waals surface area contributed by atoms with E-state index < -0.39 is 0 Å². The van der Waals surface area contributed by atoms with E-state index in [1.165, 1.54) is 24.9 Å². The van der Waals surface area contributed by atoms with Crippen molar-refractivity contribution in [3.8, 4) is 0 Å². The molecule has 1 aromatic heterocycles. The van der Waals surface area contributed by atoms with Crippen molar-refractivity contribution in [1.82, 2.24) is 4.90 Å². The van der Waals surface area contributed by atoms with E-state index in [1.807, 2.05) is 0 Å². The van der Waals surface area contributed by atoms with E-state index >= 15 is 0 Å². The Kier molecular flexibility index (Phi) is 4.23. The molecule has 0 spiro atoms. The highest BCUT2D eigenvalue weighted by atomic mass is 32.1. The van der Waals surface area contributed by atoms with Gasteiger partial charge in [0.05, 0.1) is 6.04 Å². The molecule has 3 heteroatoms. The molecule has 0 saturated carbocycles. The van der Waals surface area contributed by atoms with Gasteiger partial charge in [-0.25, -0.2) is 0 Å².